The third-order valence-corrected chi connectivity index (χ3v) is 0. The second kappa shape index (κ2) is 41.2. The fourth-order valence-corrected chi connectivity index (χ4v) is 0. The Bertz CT molecular complexity index is 8.00. The van der Waals surface area contributed by atoms with Crippen molar-refractivity contribution in [3.63, 3.8) is 0 Å². The molecular formula is HAlFOZn. The van der Waals surface area contributed by atoms with Gasteiger partial charge in [-0.25, -0.2) is 0 Å². The fraction of sp³-hybridized carbons (Fsp3) is 0. The summed E-state index contributed by atoms with van der Waals surface area (Å²) < 4.78 is 8.17. The van der Waals surface area contributed by atoms with E-state index >= 15 is 0 Å². The third kappa shape index (κ3) is 13.1. The quantitative estimate of drug-likeness (QED) is 0.408. The van der Waals surface area contributed by atoms with Crippen molar-refractivity contribution in [1.29, 1.82) is 0 Å². The molecule has 0 heterocycles. The van der Waals surface area contributed by atoms with Gasteiger partial charge in [0.1, 0.15) is 0 Å². The van der Waals surface area contributed by atoms with Crippen LogP contribution < -0.4 is 0 Å². The average Bonchev–Trinajstić information content (AvgIpc) is 1.00. The SMILES string of the molecule is F.[O]=[Al].[Zn]. The van der Waals surface area contributed by atoms with Gasteiger partial charge in [-0.2, -0.15) is 0 Å². The van der Waals surface area contributed by atoms with Crippen molar-refractivity contribution in [2.45, 2.75) is 0 Å². The van der Waals surface area contributed by atoms with Crippen LogP contribution >= 0.6 is 0 Å². The van der Waals surface area contributed by atoms with Crippen molar-refractivity contribution in [1.82, 2.24) is 0 Å². The van der Waals surface area contributed by atoms with E-state index < -0.39 is 0 Å². The Hall–Kier alpha value is 0.886. The normalized spacial score (nSPS) is 0.750. The van der Waals surface area contributed by atoms with Crippen molar-refractivity contribution in [2.75, 3.05) is 0 Å². The van der Waals surface area contributed by atoms with Crippen molar-refractivity contribution < 1.29 is 28.0 Å². The third-order valence-electron chi connectivity index (χ3n) is 0. The summed E-state index contributed by atoms with van der Waals surface area (Å²) >= 11 is 1.17. The summed E-state index contributed by atoms with van der Waals surface area (Å²) in [6.07, 6.45) is 0. The zero-order chi connectivity index (χ0) is 2.00. The van der Waals surface area contributed by atoms with Crippen LogP contribution in [-0.2, 0) is 23.3 Å². The van der Waals surface area contributed by atoms with Gasteiger partial charge in [0.15, 0.2) is 0 Å². The minimum Gasteiger partial charge on any atom is 0 e. The summed E-state index contributed by atoms with van der Waals surface area (Å²) in [4.78, 5) is 0. The molecule has 0 aliphatic heterocycles. The van der Waals surface area contributed by atoms with E-state index in [1.54, 1.807) is 0 Å². The summed E-state index contributed by atoms with van der Waals surface area (Å²) in [5.41, 5.74) is 0. The van der Waals surface area contributed by atoms with Crippen molar-refractivity contribution >= 4 is 16.2 Å². The topological polar surface area (TPSA) is 17.1 Å². The van der Waals surface area contributed by atoms with E-state index in [1.165, 1.54) is 16.2 Å². The van der Waals surface area contributed by atoms with Gasteiger partial charge in [0.05, 0.1) is 0 Å². The first-order valence-corrected chi connectivity index (χ1v) is 0.707. The van der Waals surface area contributed by atoms with E-state index in [-0.39, 0.29) is 24.2 Å². The predicted molar refractivity (Wildman–Crippen MR) is 8.94 cm³/mol. The number of hydrogen-bond acceptors (Lipinski definition) is 1. The summed E-state index contributed by atoms with van der Waals surface area (Å²) in [7, 11) is 0. The fourth-order valence-electron chi connectivity index (χ4n) is 0. The van der Waals surface area contributed by atoms with Crippen LogP contribution in [0, 0.1) is 0 Å². The Labute approximate surface area is 44.5 Å². The second-order valence-electron chi connectivity index (χ2n) is 0. The van der Waals surface area contributed by atoms with Gasteiger partial charge in [-0.05, 0) is 0 Å². The van der Waals surface area contributed by atoms with E-state index in [4.69, 9.17) is 3.80 Å². The molecule has 4 heteroatoms. The minimum atomic E-state index is 0. The van der Waals surface area contributed by atoms with Crippen LogP contribution in [0.2, 0.25) is 0 Å². The first-order chi connectivity index (χ1) is 1.00. The molecule has 0 fully saturated rings. The van der Waals surface area contributed by atoms with Crippen LogP contribution in [0.25, 0.3) is 0 Å². The molecule has 0 atom stereocenters. The molecule has 0 aromatic carbocycles. The number of rotatable bonds is 0. The summed E-state index contributed by atoms with van der Waals surface area (Å²) in [6.45, 7) is 0. The van der Waals surface area contributed by atoms with Gasteiger partial charge in [0.2, 0.25) is 0 Å². The van der Waals surface area contributed by atoms with E-state index in [2.05, 4.69) is 0 Å². The largest absolute Gasteiger partial charge is 0 e. The Morgan fingerprint density at radius 3 is 1.25 bits per heavy atom. The first-order valence-electron chi connectivity index (χ1n) is 0.236. The molecule has 0 saturated heterocycles. The summed E-state index contributed by atoms with van der Waals surface area (Å²) in [5, 5.41) is 0. The molecule has 1 radical (unpaired) electrons. The molecule has 0 bridgehead atoms. The first kappa shape index (κ1) is 20.7. The molecule has 0 amide bonds. The maximum atomic E-state index is 8.17. The van der Waals surface area contributed by atoms with Crippen LogP contribution in [0.5, 0.6) is 0 Å². The molecular weight excluding hydrogens is 127 g/mol. The summed E-state index contributed by atoms with van der Waals surface area (Å²) in [5.74, 6) is 0. The van der Waals surface area contributed by atoms with Crippen LogP contribution in [0.15, 0.2) is 0 Å². The standard InChI is InChI=1S/Al.FH.O.Zn/h;1H;;. The molecule has 0 unspecified atom stereocenters. The van der Waals surface area contributed by atoms with Crippen molar-refractivity contribution in [2.24, 2.45) is 0 Å². The van der Waals surface area contributed by atoms with Crippen molar-refractivity contribution in [3.8, 4) is 0 Å². The van der Waals surface area contributed by atoms with E-state index in [0.717, 1.165) is 0 Å². The maximum Gasteiger partial charge on any atom is 0 e. The molecule has 0 N–H and O–H groups in total. The molecule has 19 valence electrons. The summed E-state index contributed by atoms with van der Waals surface area (Å²) in [6, 6.07) is 0. The van der Waals surface area contributed by atoms with Crippen LogP contribution in [0.4, 0.5) is 4.70 Å². The average molecular weight is 128 g/mol. The van der Waals surface area contributed by atoms with Gasteiger partial charge in [-0.3, -0.25) is 4.70 Å². The maximum absolute atomic E-state index is 8.17. The molecule has 0 aliphatic carbocycles. The van der Waals surface area contributed by atoms with E-state index in [9.17, 15) is 0 Å². The molecule has 1 nitrogen and oxygen atoms in total. The Balaban J connectivity index is -0.00000000500. The molecule has 0 aromatic heterocycles. The van der Waals surface area contributed by atoms with Gasteiger partial charge in [0, 0.05) is 19.5 Å². The van der Waals surface area contributed by atoms with Crippen LogP contribution in [0.3, 0.4) is 0 Å². The number of hydrogen-bond donors (Lipinski definition) is 0. The molecule has 4 heavy (non-hydrogen) atoms. The van der Waals surface area contributed by atoms with Gasteiger partial charge in [-0.15, -0.1) is 0 Å². The minimum absolute atomic E-state index is 0. The molecule has 0 saturated carbocycles. The van der Waals surface area contributed by atoms with Gasteiger partial charge in [-0.1, -0.05) is 0 Å². The number of halogens is 1. The Morgan fingerprint density at radius 1 is 1.25 bits per heavy atom. The monoisotopic (exact) mass is 127 g/mol. The molecule has 0 aliphatic rings. The second-order valence-corrected chi connectivity index (χ2v) is 0. The zero-order valence-corrected chi connectivity index (χ0v) is 6.22. The Kier molecular flexibility index (Phi) is 214. The van der Waals surface area contributed by atoms with Crippen molar-refractivity contribution in [3.05, 3.63) is 0 Å². The van der Waals surface area contributed by atoms with Gasteiger partial charge < -0.3 is 0 Å². The van der Waals surface area contributed by atoms with E-state index in [0.29, 0.717) is 0 Å². The zero-order valence-electron chi connectivity index (χ0n) is 2.10. The predicted octanol–water partition coefficient (Wildman–Crippen LogP) is -0.350. The van der Waals surface area contributed by atoms with E-state index in [1.807, 2.05) is 0 Å². The van der Waals surface area contributed by atoms with Crippen LogP contribution in [-0.4, -0.2) is 16.2 Å². The van der Waals surface area contributed by atoms with Crippen LogP contribution in [0.1, 0.15) is 0 Å². The smallest absolute Gasteiger partial charge is 0 e. The molecule has 0 spiro atoms. The molecule has 0 aromatic rings. The van der Waals surface area contributed by atoms with Gasteiger partial charge in [0.25, 0.3) is 0 Å². The Morgan fingerprint density at radius 2 is 1.25 bits per heavy atom. The van der Waals surface area contributed by atoms with Gasteiger partial charge >= 0.3 is 20.0 Å². The molecule has 0 rings (SSSR count).